The Morgan fingerprint density at radius 2 is 1.82 bits per heavy atom. The van der Waals surface area contributed by atoms with Crippen molar-refractivity contribution in [2.45, 2.75) is 20.4 Å². The Kier molecular flexibility index (Phi) is 6.67. The molecule has 0 atom stereocenters. The summed E-state index contributed by atoms with van der Waals surface area (Å²) >= 11 is 6.48. The number of fused-ring (bicyclic) bond motifs is 1. The second-order valence-corrected chi connectivity index (χ2v) is 7.97. The van der Waals surface area contributed by atoms with Gasteiger partial charge in [-0.1, -0.05) is 56.3 Å². The summed E-state index contributed by atoms with van der Waals surface area (Å²) < 4.78 is 15.9. The van der Waals surface area contributed by atoms with E-state index in [1.165, 1.54) is 22.8 Å². The second kappa shape index (κ2) is 9.65. The predicted octanol–water partition coefficient (Wildman–Crippen LogP) is 5.73. The van der Waals surface area contributed by atoms with Gasteiger partial charge < -0.3 is 0 Å². The smallest absolute Gasteiger partial charge is 0.267 e. The summed E-state index contributed by atoms with van der Waals surface area (Å²) in [5.74, 6) is -0.196. The van der Waals surface area contributed by atoms with Crippen LogP contribution in [-0.4, -0.2) is 32.5 Å². The van der Waals surface area contributed by atoms with Crippen molar-refractivity contribution in [2.24, 2.45) is 0 Å². The summed E-state index contributed by atoms with van der Waals surface area (Å²) in [5, 5.41) is 0.519. The van der Waals surface area contributed by atoms with Crippen LogP contribution in [-0.2, 0) is 6.54 Å². The van der Waals surface area contributed by atoms with Crippen LogP contribution < -0.4 is 5.56 Å². The molecule has 2 heterocycles. The molecule has 5 nitrogen and oxygen atoms in total. The lowest BCUT2D eigenvalue weighted by Crippen LogP contribution is -2.24. The first kappa shape index (κ1) is 22.8. The second-order valence-electron chi connectivity index (χ2n) is 7.56. The van der Waals surface area contributed by atoms with Crippen LogP contribution in [0.5, 0.6) is 0 Å². The van der Waals surface area contributed by atoms with Gasteiger partial charge in [-0.2, -0.15) is 0 Å². The van der Waals surface area contributed by atoms with Crippen LogP contribution in [0.4, 0.5) is 4.39 Å². The first-order chi connectivity index (χ1) is 16.0. The van der Waals surface area contributed by atoms with E-state index < -0.39 is 11.4 Å². The minimum Gasteiger partial charge on any atom is -0.298 e. The molecule has 4 rings (SSSR count). The third-order valence-corrected chi connectivity index (χ3v) is 5.96. The SMILES string of the molecule is C=Cc1c(F)ccc2nc(-c3cccc(CN(CC)CC)n3)n(-c3ccccc3Cl)c(=O)c12. The summed E-state index contributed by atoms with van der Waals surface area (Å²) in [6.45, 7) is 10.4. The molecular formula is C26H24ClFN4O. The predicted molar refractivity (Wildman–Crippen MR) is 132 cm³/mol. The molecule has 7 heteroatoms. The number of rotatable bonds is 7. The van der Waals surface area contributed by atoms with Crippen molar-refractivity contribution in [1.82, 2.24) is 19.4 Å². The summed E-state index contributed by atoms with van der Waals surface area (Å²) in [7, 11) is 0. The monoisotopic (exact) mass is 462 g/mol. The molecule has 168 valence electrons. The molecule has 0 saturated carbocycles. The standard InChI is InChI=1S/C26H24ClFN4O/c1-4-18-20(28)14-15-21-24(18)26(33)32(23-13-8-7-11-19(23)27)25(30-21)22-12-9-10-17(29-22)16-31(5-2)6-3/h4,7-15H,1,5-6,16H2,2-3H3. The van der Waals surface area contributed by atoms with Crippen molar-refractivity contribution in [1.29, 1.82) is 0 Å². The van der Waals surface area contributed by atoms with Gasteiger partial charge in [-0.15, -0.1) is 0 Å². The minimum absolute atomic E-state index is 0.112. The fraction of sp³-hybridized carbons (Fsp3) is 0.192. The Balaban J connectivity index is 2.04. The average molecular weight is 463 g/mol. The van der Waals surface area contributed by atoms with Crippen LogP contribution in [0.3, 0.4) is 0 Å². The quantitative estimate of drug-likeness (QED) is 0.352. The molecule has 2 aromatic heterocycles. The van der Waals surface area contributed by atoms with Gasteiger partial charge in [-0.25, -0.2) is 14.4 Å². The number of pyridine rings is 1. The van der Waals surface area contributed by atoms with E-state index in [1.54, 1.807) is 24.3 Å². The van der Waals surface area contributed by atoms with E-state index in [0.717, 1.165) is 18.8 Å². The fourth-order valence-electron chi connectivity index (χ4n) is 3.87. The van der Waals surface area contributed by atoms with Crippen LogP contribution in [0.1, 0.15) is 25.1 Å². The Labute approximate surface area is 196 Å². The molecule has 0 spiro atoms. The van der Waals surface area contributed by atoms with Crippen molar-refractivity contribution in [2.75, 3.05) is 13.1 Å². The van der Waals surface area contributed by atoms with Crippen molar-refractivity contribution < 1.29 is 4.39 Å². The van der Waals surface area contributed by atoms with E-state index in [2.05, 4.69) is 25.3 Å². The van der Waals surface area contributed by atoms with Gasteiger partial charge in [0.05, 0.1) is 27.3 Å². The summed E-state index contributed by atoms with van der Waals surface area (Å²) in [5.41, 5.74) is 1.88. The Hall–Kier alpha value is -3.35. The van der Waals surface area contributed by atoms with Gasteiger partial charge in [-0.05, 0) is 49.5 Å². The van der Waals surface area contributed by atoms with E-state index in [-0.39, 0.29) is 10.9 Å². The van der Waals surface area contributed by atoms with Crippen molar-refractivity contribution in [3.05, 3.63) is 93.6 Å². The molecular weight excluding hydrogens is 439 g/mol. The molecule has 0 aliphatic carbocycles. The maximum atomic E-state index is 14.5. The first-order valence-corrected chi connectivity index (χ1v) is 11.2. The van der Waals surface area contributed by atoms with Gasteiger partial charge in [0.1, 0.15) is 11.5 Å². The lowest BCUT2D eigenvalue weighted by atomic mass is 10.1. The van der Waals surface area contributed by atoms with Crippen LogP contribution in [0, 0.1) is 5.82 Å². The Morgan fingerprint density at radius 3 is 2.52 bits per heavy atom. The maximum Gasteiger partial charge on any atom is 0.267 e. The maximum absolute atomic E-state index is 14.5. The van der Waals surface area contributed by atoms with Crippen LogP contribution in [0.25, 0.3) is 34.2 Å². The zero-order chi connectivity index (χ0) is 23.5. The molecule has 0 fully saturated rings. The van der Waals surface area contributed by atoms with Gasteiger partial charge in [-0.3, -0.25) is 14.3 Å². The van der Waals surface area contributed by atoms with Crippen molar-refractivity contribution in [3.63, 3.8) is 0 Å². The van der Waals surface area contributed by atoms with Crippen LogP contribution >= 0.6 is 11.6 Å². The highest BCUT2D eigenvalue weighted by atomic mass is 35.5. The molecule has 0 bridgehead atoms. The molecule has 0 radical (unpaired) electrons. The molecule has 0 saturated heterocycles. The van der Waals surface area contributed by atoms with Gasteiger partial charge in [0.25, 0.3) is 5.56 Å². The first-order valence-electron chi connectivity index (χ1n) is 10.8. The minimum atomic E-state index is -0.533. The number of nitrogens with zero attached hydrogens (tertiary/aromatic N) is 4. The fourth-order valence-corrected chi connectivity index (χ4v) is 4.09. The zero-order valence-electron chi connectivity index (χ0n) is 18.6. The van der Waals surface area contributed by atoms with E-state index >= 15 is 0 Å². The number of hydrogen-bond acceptors (Lipinski definition) is 4. The van der Waals surface area contributed by atoms with Crippen LogP contribution in [0.2, 0.25) is 5.02 Å². The molecule has 0 N–H and O–H groups in total. The van der Waals surface area contributed by atoms with Crippen molar-refractivity contribution >= 4 is 28.6 Å². The largest absolute Gasteiger partial charge is 0.298 e. The van der Waals surface area contributed by atoms with Gasteiger partial charge >= 0.3 is 0 Å². The van der Waals surface area contributed by atoms with E-state index in [1.807, 2.05) is 18.2 Å². The average Bonchev–Trinajstić information content (AvgIpc) is 2.83. The molecule has 33 heavy (non-hydrogen) atoms. The van der Waals surface area contributed by atoms with E-state index in [9.17, 15) is 9.18 Å². The van der Waals surface area contributed by atoms with Crippen molar-refractivity contribution in [3.8, 4) is 17.2 Å². The molecule has 2 aromatic carbocycles. The summed E-state index contributed by atoms with van der Waals surface area (Å²) in [6, 6.07) is 15.4. The van der Waals surface area contributed by atoms with E-state index in [0.29, 0.717) is 34.3 Å². The lowest BCUT2D eigenvalue weighted by Gasteiger charge is -2.19. The Bertz CT molecular complexity index is 1400. The molecule has 0 amide bonds. The van der Waals surface area contributed by atoms with Gasteiger partial charge in [0, 0.05) is 12.1 Å². The topological polar surface area (TPSA) is 51.0 Å². The molecule has 0 unspecified atom stereocenters. The summed E-state index contributed by atoms with van der Waals surface area (Å²) in [4.78, 5) is 25.6. The van der Waals surface area contributed by atoms with Gasteiger partial charge in [0.2, 0.25) is 0 Å². The lowest BCUT2D eigenvalue weighted by molar-refractivity contribution is 0.292. The van der Waals surface area contributed by atoms with Crippen LogP contribution in [0.15, 0.2) is 66.0 Å². The number of halogens is 2. The number of aromatic nitrogens is 3. The normalized spacial score (nSPS) is 11.3. The van der Waals surface area contributed by atoms with Gasteiger partial charge in [0.15, 0.2) is 5.82 Å². The highest BCUT2D eigenvalue weighted by Crippen LogP contribution is 2.27. The number of para-hydroxylation sites is 1. The number of hydrogen-bond donors (Lipinski definition) is 0. The third-order valence-electron chi connectivity index (χ3n) is 5.64. The molecule has 4 aromatic rings. The summed E-state index contributed by atoms with van der Waals surface area (Å²) in [6.07, 6.45) is 1.33. The molecule has 0 aliphatic rings. The Morgan fingerprint density at radius 1 is 1.06 bits per heavy atom. The third kappa shape index (κ3) is 4.32. The number of benzene rings is 2. The molecule has 0 aliphatic heterocycles. The zero-order valence-corrected chi connectivity index (χ0v) is 19.3. The van der Waals surface area contributed by atoms with E-state index in [4.69, 9.17) is 21.6 Å². The highest BCUT2D eigenvalue weighted by molar-refractivity contribution is 6.32. The highest BCUT2D eigenvalue weighted by Gasteiger charge is 2.20.